The molecule has 0 aliphatic carbocycles. The molecule has 1 N–H and O–H groups in total. The van der Waals surface area contributed by atoms with Crippen molar-refractivity contribution in [1.29, 1.82) is 0 Å². The Morgan fingerprint density at radius 2 is 1.89 bits per heavy atom. The normalized spacial score (nSPS) is 18.6. The minimum atomic E-state index is 0.254. The van der Waals surface area contributed by atoms with Gasteiger partial charge in [-0.2, -0.15) is 0 Å². The highest BCUT2D eigenvalue weighted by atomic mass is 15.5. The van der Waals surface area contributed by atoms with Crippen molar-refractivity contribution in [1.82, 2.24) is 15.4 Å². The Labute approximate surface area is 114 Å². The highest BCUT2D eigenvalue weighted by Crippen LogP contribution is 2.22. The molecule has 3 rings (SSSR count). The van der Waals surface area contributed by atoms with E-state index in [1.54, 1.807) is 0 Å². The number of aromatic nitrogens is 1. The Balaban J connectivity index is 1.82. The van der Waals surface area contributed by atoms with Crippen LogP contribution in [0.4, 0.5) is 0 Å². The van der Waals surface area contributed by atoms with Crippen LogP contribution >= 0.6 is 0 Å². The molecule has 1 aliphatic heterocycles. The van der Waals surface area contributed by atoms with Crippen LogP contribution in [-0.4, -0.2) is 23.1 Å². The van der Waals surface area contributed by atoms with Gasteiger partial charge in [-0.3, -0.25) is 4.98 Å². The second kappa shape index (κ2) is 5.68. The molecule has 1 aliphatic rings. The number of piperidine rings is 1. The number of rotatable bonds is 3. The van der Waals surface area contributed by atoms with Crippen LogP contribution in [0.25, 0.3) is 10.8 Å². The van der Waals surface area contributed by atoms with Gasteiger partial charge in [-0.25, -0.2) is 10.4 Å². The molecule has 1 aromatic carbocycles. The maximum atomic E-state index is 4.58. The molecule has 19 heavy (non-hydrogen) atoms. The van der Waals surface area contributed by atoms with Gasteiger partial charge >= 0.3 is 0 Å². The number of pyridine rings is 1. The van der Waals surface area contributed by atoms with Gasteiger partial charge < -0.3 is 0 Å². The van der Waals surface area contributed by atoms with E-state index in [9.17, 15) is 0 Å². The first-order chi connectivity index (χ1) is 9.34. The van der Waals surface area contributed by atoms with E-state index in [-0.39, 0.29) is 6.04 Å². The molecule has 1 saturated heterocycles. The molecule has 2 aromatic rings. The van der Waals surface area contributed by atoms with Crippen molar-refractivity contribution >= 4 is 10.8 Å². The van der Waals surface area contributed by atoms with Crippen LogP contribution in [0.1, 0.15) is 37.9 Å². The van der Waals surface area contributed by atoms with Gasteiger partial charge in [0.1, 0.15) is 0 Å². The summed E-state index contributed by atoms with van der Waals surface area (Å²) < 4.78 is 0. The second-order valence-electron chi connectivity index (χ2n) is 5.32. The van der Waals surface area contributed by atoms with Crippen molar-refractivity contribution in [2.75, 3.05) is 13.1 Å². The van der Waals surface area contributed by atoms with E-state index in [0.717, 1.165) is 18.8 Å². The Bertz CT molecular complexity index is 541. The molecule has 0 spiro atoms. The SMILES string of the molecule is CC(NN1CCCCC1)c1nccc2ccccc12. The van der Waals surface area contributed by atoms with Gasteiger partial charge in [0.25, 0.3) is 0 Å². The van der Waals surface area contributed by atoms with E-state index in [1.807, 2.05) is 6.20 Å². The number of hydrazine groups is 1. The Kier molecular flexibility index (Phi) is 3.76. The van der Waals surface area contributed by atoms with E-state index < -0.39 is 0 Å². The van der Waals surface area contributed by atoms with E-state index in [2.05, 4.69) is 52.7 Å². The quantitative estimate of drug-likeness (QED) is 0.912. The highest BCUT2D eigenvalue weighted by molar-refractivity contribution is 5.84. The molecule has 0 radical (unpaired) electrons. The zero-order valence-electron chi connectivity index (χ0n) is 11.5. The van der Waals surface area contributed by atoms with E-state index >= 15 is 0 Å². The van der Waals surface area contributed by atoms with Gasteiger partial charge in [0.2, 0.25) is 0 Å². The number of fused-ring (bicyclic) bond motifs is 1. The van der Waals surface area contributed by atoms with Crippen LogP contribution in [0.5, 0.6) is 0 Å². The summed E-state index contributed by atoms with van der Waals surface area (Å²) in [7, 11) is 0. The van der Waals surface area contributed by atoms with Gasteiger partial charge in [0.15, 0.2) is 0 Å². The van der Waals surface area contributed by atoms with E-state index in [4.69, 9.17) is 0 Å². The summed E-state index contributed by atoms with van der Waals surface area (Å²) >= 11 is 0. The lowest BCUT2D eigenvalue weighted by atomic mass is 10.1. The Morgan fingerprint density at radius 1 is 1.11 bits per heavy atom. The zero-order valence-corrected chi connectivity index (χ0v) is 11.5. The number of hydrogen-bond acceptors (Lipinski definition) is 3. The number of hydrogen-bond donors (Lipinski definition) is 1. The molecule has 0 saturated carbocycles. The first-order valence-electron chi connectivity index (χ1n) is 7.19. The molecule has 3 nitrogen and oxygen atoms in total. The largest absolute Gasteiger partial charge is 0.259 e. The van der Waals surface area contributed by atoms with Crippen LogP contribution in [0.2, 0.25) is 0 Å². The average molecular weight is 255 g/mol. The molecule has 100 valence electrons. The van der Waals surface area contributed by atoms with Gasteiger partial charge in [-0.15, -0.1) is 0 Å². The van der Waals surface area contributed by atoms with Crippen molar-refractivity contribution in [3.05, 3.63) is 42.2 Å². The first kappa shape index (κ1) is 12.6. The van der Waals surface area contributed by atoms with Crippen molar-refractivity contribution < 1.29 is 0 Å². The second-order valence-corrected chi connectivity index (χ2v) is 5.32. The van der Waals surface area contributed by atoms with Crippen LogP contribution in [-0.2, 0) is 0 Å². The molecule has 1 fully saturated rings. The Hall–Kier alpha value is -1.45. The molecular formula is C16H21N3. The molecular weight excluding hydrogens is 234 g/mol. The molecule has 1 atom stereocenters. The van der Waals surface area contributed by atoms with Crippen molar-refractivity contribution in [2.24, 2.45) is 0 Å². The topological polar surface area (TPSA) is 28.2 Å². The minimum absolute atomic E-state index is 0.254. The molecule has 3 heteroatoms. The van der Waals surface area contributed by atoms with Crippen LogP contribution in [0, 0.1) is 0 Å². The highest BCUT2D eigenvalue weighted by Gasteiger charge is 2.16. The van der Waals surface area contributed by atoms with Gasteiger partial charge in [0, 0.05) is 24.7 Å². The maximum Gasteiger partial charge on any atom is 0.0662 e. The molecule has 0 bridgehead atoms. The first-order valence-corrected chi connectivity index (χ1v) is 7.19. The molecule has 1 unspecified atom stereocenters. The summed E-state index contributed by atoms with van der Waals surface area (Å²) in [5, 5.41) is 4.86. The van der Waals surface area contributed by atoms with Crippen LogP contribution < -0.4 is 5.43 Å². The summed E-state index contributed by atoms with van der Waals surface area (Å²) in [6.07, 6.45) is 5.86. The molecule has 1 aromatic heterocycles. The summed E-state index contributed by atoms with van der Waals surface area (Å²) in [5.41, 5.74) is 4.74. The van der Waals surface area contributed by atoms with E-state index in [0.29, 0.717) is 0 Å². The smallest absolute Gasteiger partial charge is 0.0662 e. The third-order valence-corrected chi connectivity index (χ3v) is 3.85. The summed E-state index contributed by atoms with van der Waals surface area (Å²) in [4.78, 5) is 4.58. The fourth-order valence-corrected chi connectivity index (χ4v) is 2.85. The zero-order chi connectivity index (χ0) is 13.1. The fraction of sp³-hybridized carbons (Fsp3) is 0.438. The van der Waals surface area contributed by atoms with Gasteiger partial charge in [-0.1, -0.05) is 30.7 Å². The van der Waals surface area contributed by atoms with E-state index in [1.165, 1.54) is 30.0 Å². The third kappa shape index (κ3) is 2.77. The standard InChI is InChI=1S/C16H21N3/c1-13(18-19-11-5-2-6-12-19)16-15-8-4-3-7-14(15)9-10-17-16/h3-4,7-10,13,18H,2,5-6,11-12H2,1H3. The number of benzene rings is 1. The lowest BCUT2D eigenvalue weighted by molar-refractivity contribution is 0.132. The fourth-order valence-electron chi connectivity index (χ4n) is 2.85. The minimum Gasteiger partial charge on any atom is -0.259 e. The monoisotopic (exact) mass is 255 g/mol. The van der Waals surface area contributed by atoms with Crippen molar-refractivity contribution in [3.8, 4) is 0 Å². The van der Waals surface area contributed by atoms with Gasteiger partial charge in [0.05, 0.1) is 11.7 Å². The third-order valence-electron chi connectivity index (χ3n) is 3.85. The molecule has 2 heterocycles. The number of nitrogens with zero attached hydrogens (tertiary/aromatic N) is 2. The van der Waals surface area contributed by atoms with Crippen LogP contribution in [0.3, 0.4) is 0 Å². The lowest BCUT2D eigenvalue weighted by Gasteiger charge is -2.30. The average Bonchev–Trinajstić information content (AvgIpc) is 2.47. The van der Waals surface area contributed by atoms with Crippen LogP contribution in [0.15, 0.2) is 36.5 Å². The van der Waals surface area contributed by atoms with Crippen molar-refractivity contribution in [3.63, 3.8) is 0 Å². The molecule has 0 amide bonds. The summed E-state index contributed by atoms with van der Waals surface area (Å²) in [5.74, 6) is 0. The lowest BCUT2D eigenvalue weighted by Crippen LogP contribution is -2.43. The Morgan fingerprint density at radius 3 is 2.74 bits per heavy atom. The summed E-state index contributed by atoms with van der Waals surface area (Å²) in [6, 6.07) is 10.8. The van der Waals surface area contributed by atoms with Gasteiger partial charge in [-0.05, 0) is 31.2 Å². The summed E-state index contributed by atoms with van der Waals surface area (Å²) in [6.45, 7) is 4.49. The predicted octanol–water partition coefficient (Wildman–Crippen LogP) is 3.29. The maximum absolute atomic E-state index is 4.58. The number of nitrogens with one attached hydrogen (secondary N) is 1. The predicted molar refractivity (Wildman–Crippen MR) is 78.7 cm³/mol. The van der Waals surface area contributed by atoms with Crippen molar-refractivity contribution in [2.45, 2.75) is 32.2 Å².